The van der Waals surface area contributed by atoms with Crippen LogP contribution in [-0.4, -0.2) is 45.3 Å². The average Bonchev–Trinajstić information content (AvgIpc) is 2.19. The van der Waals surface area contributed by atoms with Crippen LogP contribution in [0.25, 0.3) is 0 Å². The lowest BCUT2D eigenvalue weighted by atomic mass is 10.1. The summed E-state index contributed by atoms with van der Waals surface area (Å²) in [6.45, 7) is 9.48. The van der Waals surface area contributed by atoms with Crippen LogP contribution in [0.2, 0.25) is 0 Å². The van der Waals surface area contributed by atoms with Gasteiger partial charge in [-0.2, -0.15) is 0 Å². The molecule has 0 saturated carbocycles. The Bertz CT molecular complexity index is 390. The fourth-order valence-corrected chi connectivity index (χ4v) is 2.44. The Kier molecular flexibility index (Phi) is 6.51. The monoisotopic (exact) mass is 277 g/mol. The highest BCUT2D eigenvalue weighted by Crippen LogP contribution is 2.02. The molecule has 0 spiro atoms. The average molecular weight is 277 g/mol. The minimum Gasteiger partial charge on any atom is -0.351 e. The van der Waals surface area contributed by atoms with Crippen LogP contribution in [0.1, 0.15) is 20.8 Å². The summed E-state index contributed by atoms with van der Waals surface area (Å²) in [4.78, 5) is 11.5. The number of nitrogens with one attached hydrogen (secondary N) is 3. The first-order valence-electron chi connectivity index (χ1n) is 5.68. The Hall–Kier alpha value is -0.920. The second kappa shape index (κ2) is 6.86. The van der Waals surface area contributed by atoms with Crippen molar-refractivity contribution in [3.63, 3.8) is 0 Å². The summed E-state index contributed by atoms with van der Waals surface area (Å²) >= 11 is 0. The molecule has 0 rings (SSSR count). The van der Waals surface area contributed by atoms with Gasteiger partial charge in [-0.3, -0.25) is 4.79 Å². The fourth-order valence-electron chi connectivity index (χ4n) is 1.36. The van der Waals surface area contributed by atoms with E-state index in [0.717, 1.165) is 6.26 Å². The van der Waals surface area contributed by atoms with E-state index in [-0.39, 0.29) is 5.91 Å². The van der Waals surface area contributed by atoms with Gasteiger partial charge in [0, 0.05) is 18.6 Å². The van der Waals surface area contributed by atoms with E-state index in [4.69, 9.17) is 0 Å². The molecule has 0 fully saturated rings. The van der Waals surface area contributed by atoms with Crippen LogP contribution >= 0.6 is 0 Å². The summed E-state index contributed by atoms with van der Waals surface area (Å²) in [6.07, 6.45) is 2.70. The summed E-state index contributed by atoms with van der Waals surface area (Å²) < 4.78 is 24.8. The van der Waals surface area contributed by atoms with Gasteiger partial charge in [0.2, 0.25) is 15.9 Å². The van der Waals surface area contributed by atoms with Gasteiger partial charge in [0.25, 0.3) is 0 Å². The molecule has 0 saturated heterocycles. The Labute approximate surface area is 109 Å². The van der Waals surface area contributed by atoms with Crippen molar-refractivity contribution in [1.82, 2.24) is 15.4 Å². The SMILES string of the molecule is C=CCNC(=O)C(C)NCC(C)(C)NS(C)(=O)=O. The third kappa shape index (κ3) is 8.21. The summed E-state index contributed by atoms with van der Waals surface area (Å²) in [5.41, 5.74) is -0.652. The van der Waals surface area contributed by atoms with Crippen LogP contribution in [0.5, 0.6) is 0 Å². The first kappa shape index (κ1) is 17.1. The number of sulfonamides is 1. The number of amides is 1. The standard InChI is InChI=1S/C11H23N3O3S/c1-6-7-12-10(15)9(2)13-8-11(3,4)14-18(5,16)17/h6,9,13-14H,1,7-8H2,2-5H3,(H,12,15). The molecule has 0 aliphatic heterocycles. The molecule has 6 nitrogen and oxygen atoms in total. The van der Waals surface area contributed by atoms with Crippen LogP contribution < -0.4 is 15.4 Å². The van der Waals surface area contributed by atoms with Crippen molar-refractivity contribution in [1.29, 1.82) is 0 Å². The van der Waals surface area contributed by atoms with Crippen LogP contribution in [0.4, 0.5) is 0 Å². The zero-order valence-corrected chi connectivity index (χ0v) is 12.2. The lowest BCUT2D eigenvalue weighted by Crippen LogP contribution is -2.53. The van der Waals surface area contributed by atoms with E-state index < -0.39 is 21.6 Å². The summed E-state index contributed by atoms with van der Waals surface area (Å²) in [7, 11) is -3.27. The highest BCUT2D eigenvalue weighted by atomic mass is 32.2. The third-order valence-corrected chi connectivity index (χ3v) is 3.05. The van der Waals surface area contributed by atoms with Gasteiger partial charge in [0.05, 0.1) is 12.3 Å². The minimum absolute atomic E-state index is 0.148. The topological polar surface area (TPSA) is 87.3 Å². The Morgan fingerprint density at radius 3 is 2.44 bits per heavy atom. The summed E-state index contributed by atoms with van der Waals surface area (Å²) in [5.74, 6) is -0.148. The van der Waals surface area contributed by atoms with E-state index >= 15 is 0 Å². The lowest BCUT2D eigenvalue weighted by molar-refractivity contribution is -0.122. The molecule has 106 valence electrons. The molecule has 0 aromatic carbocycles. The van der Waals surface area contributed by atoms with Crippen LogP contribution in [0.15, 0.2) is 12.7 Å². The Morgan fingerprint density at radius 2 is 2.00 bits per heavy atom. The molecule has 1 amide bonds. The van der Waals surface area contributed by atoms with Crippen molar-refractivity contribution in [2.24, 2.45) is 0 Å². The van der Waals surface area contributed by atoms with E-state index in [1.807, 2.05) is 0 Å². The van der Waals surface area contributed by atoms with Gasteiger partial charge in [0.15, 0.2) is 0 Å². The molecule has 0 heterocycles. The maximum atomic E-state index is 11.5. The van der Waals surface area contributed by atoms with E-state index in [1.54, 1.807) is 26.8 Å². The van der Waals surface area contributed by atoms with Gasteiger partial charge in [-0.15, -0.1) is 6.58 Å². The second-order valence-electron chi connectivity index (χ2n) is 4.89. The molecule has 0 aromatic heterocycles. The highest BCUT2D eigenvalue weighted by molar-refractivity contribution is 7.88. The van der Waals surface area contributed by atoms with Crippen LogP contribution in [0, 0.1) is 0 Å². The van der Waals surface area contributed by atoms with E-state index in [0.29, 0.717) is 13.1 Å². The van der Waals surface area contributed by atoms with Gasteiger partial charge in [-0.25, -0.2) is 13.1 Å². The van der Waals surface area contributed by atoms with Crippen LogP contribution in [-0.2, 0) is 14.8 Å². The third-order valence-electron chi connectivity index (χ3n) is 2.13. The predicted octanol–water partition coefficient (Wildman–Crippen LogP) is -0.405. The molecule has 18 heavy (non-hydrogen) atoms. The molecule has 0 radical (unpaired) electrons. The molecule has 0 aliphatic rings. The molecule has 0 aromatic rings. The zero-order chi connectivity index (χ0) is 14.4. The number of rotatable bonds is 8. The first-order valence-corrected chi connectivity index (χ1v) is 7.57. The molecule has 0 bridgehead atoms. The smallest absolute Gasteiger partial charge is 0.237 e. The minimum atomic E-state index is -3.27. The van der Waals surface area contributed by atoms with Gasteiger partial charge < -0.3 is 10.6 Å². The lowest BCUT2D eigenvalue weighted by Gasteiger charge is -2.27. The van der Waals surface area contributed by atoms with Crippen molar-refractivity contribution >= 4 is 15.9 Å². The Balaban J connectivity index is 4.22. The van der Waals surface area contributed by atoms with E-state index in [1.165, 1.54) is 0 Å². The second-order valence-corrected chi connectivity index (χ2v) is 6.64. The molecule has 1 atom stereocenters. The van der Waals surface area contributed by atoms with E-state index in [9.17, 15) is 13.2 Å². The van der Waals surface area contributed by atoms with Gasteiger partial charge in [-0.05, 0) is 20.8 Å². The fraction of sp³-hybridized carbons (Fsp3) is 0.727. The van der Waals surface area contributed by atoms with Crippen molar-refractivity contribution in [3.05, 3.63) is 12.7 Å². The first-order chi connectivity index (χ1) is 8.07. The van der Waals surface area contributed by atoms with E-state index in [2.05, 4.69) is 21.9 Å². The van der Waals surface area contributed by atoms with Crippen LogP contribution in [0.3, 0.4) is 0 Å². The van der Waals surface area contributed by atoms with Crippen molar-refractivity contribution in [2.75, 3.05) is 19.3 Å². The number of carbonyl (C=O) groups is 1. The van der Waals surface area contributed by atoms with Crippen molar-refractivity contribution < 1.29 is 13.2 Å². The Morgan fingerprint density at radius 1 is 1.44 bits per heavy atom. The molecular weight excluding hydrogens is 254 g/mol. The van der Waals surface area contributed by atoms with Gasteiger partial charge >= 0.3 is 0 Å². The maximum absolute atomic E-state index is 11.5. The highest BCUT2D eigenvalue weighted by Gasteiger charge is 2.23. The number of hydrogen-bond donors (Lipinski definition) is 3. The maximum Gasteiger partial charge on any atom is 0.237 e. The predicted molar refractivity (Wildman–Crippen MR) is 72.7 cm³/mol. The van der Waals surface area contributed by atoms with Gasteiger partial charge in [-0.1, -0.05) is 6.08 Å². The quantitative estimate of drug-likeness (QED) is 0.527. The summed E-state index contributed by atoms with van der Waals surface area (Å²) in [5, 5.41) is 5.64. The zero-order valence-electron chi connectivity index (χ0n) is 11.4. The summed E-state index contributed by atoms with van der Waals surface area (Å²) in [6, 6.07) is -0.398. The molecule has 1 unspecified atom stereocenters. The van der Waals surface area contributed by atoms with Crippen molar-refractivity contribution in [3.8, 4) is 0 Å². The molecule has 7 heteroatoms. The molecule has 0 aliphatic carbocycles. The van der Waals surface area contributed by atoms with Crippen molar-refractivity contribution in [2.45, 2.75) is 32.4 Å². The molecule has 3 N–H and O–H groups in total. The van der Waals surface area contributed by atoms with Gasteiger partial charge in [0.1, 0.15) is 0 Å². The number of carbonyl (C=O) groups excluding carboxylic acids is 1. The molecular formula is C11H23N3O3S. The largest absolute Gasteiger partial charge is 0.351 e. The normalized spacial score (nSPS) is 14.0. The number of hydrogen-bond acceptors (Lipinski definition) is 4.